The Kier molecular flexibility index (Phi) is 6.50. The van der Waals surface area contributed by atoms with E-state index in [1.54, 1.807) is 17.0 Å². The third-order valence-electron chi connectivity index (χ3n) is 4.50. The monoisotopic (exact) mass is 351 g/mol. The van der Waals surface area contributed by atoms with E-state index in [2.05, 4.69) is 0 Å². The molecule has 1 heterocycles. The summed E-state index contributed by atoms with van der Waals surface area (Å²) in [6.07, 6.45) is 1.97. The number of amides is 1. The van der Waals surface area contributed by atoms with Crippen LogP contribution in [0.2, 0.25) is 0 Å². The number of benzene rings is 1. The van der Waals surface area contributed by atoms with Crippen molar-refractivity contribution in [3.63, 3.8) is 0 Å². The predicted octanol–water partition coefficient (Wildman–Crippen LogP) is 2.13. The van der Waals surface area contributed by atoms with E-state index in [4.69, 9.17) is 18.9 Å². The Morgan fingerprint density at radius 1 is 1.00 bits per heavy atom. The zero-order valence-electron chi connectivity index (χ0n) is 15.2. The second-order valence-electron chi connectivity index (χ2n) is 5.93. The molecule has 0 bridgehead atoms. The Labute approximate surface area is 147 Å². The molecular formula is C18H25NO6. The van der Waals surface area contributed by atoms with Crippen LogP contribution >= 0.6 is 0 Å². The van der Waals surface area contributed by atoms with Crippen LogP contribution in [0.1, 0.15) is 29.6 Å². The molecule has 0 aliphatic carbocycles. The molecule has 0 atom stereocenters. The highest BCUT2D eigenvalue weighted by molar-refractivity contribution is 5.95. The van der Waals surface area contributed by atoms with Crippen LogP contribution in [0, 0.1) is 5.92 Å². The lowest BCUT2D eigenvalue weighted by atomic mass is 9.93. The minimum Gasteiger partial charge on any atom is -0.493 e. The highest BCUT2D eigenvalue weighted by atomic mass is 16.5. The highest BCUT2D eigenvalue weighted by Crippen LogP contribution is 2.38. The van der Waals surface area contributed by atoms with Gasteiger partial charge in [0.1, 0.15) is 0 Å². The smallest absolute Gasteiger partial charge is 0.305 e. The molecule has 0 radical (unpaired) electrons. The summed E-state index contributed by atoms with van der Waals surface area (Å²) in [7, 11) is 5.95. The molecular weight excluding hydrogens is 326 g/mol. The summed E-state index contributed by atoms with van der Waals surface area (Å²) in [4.78, 5) is 26.0. The van der Waals surface area contributed by atoms with Crippen LogP contribution < -0.4 is 14.2 Å². The fourth-order valence-corrected chi connectivity index (χ4v) is 3.05. The molecule has 1 aliphatic rings. The largest absolute Gasteiger partial charge is 0.493 e. The molecule has 0 spiro atoms. The number of piperidine rings is 1. The summed E-state index contributed by atoms with van der Waals surface area (Å²) >= 11 is 0. The minimum atomic E-state index is -0.200. The van der Waals surface area contributed by atoms with E-state index in [0.717, 1.165) is 12.8 Å². The molecule has 25 heavy (non-hydrogen) atoms. The maximum Gasteiger partial charge on any atom is 0.305 e. The second-order valence-corrected chi connectivity index (χ2v) is 5.93. The summed E-state index contributed by atoms with van der Waals surface area (Å²) < 4.78 is 20.6. The van der Waals surface area contributed by atoms with Gasteiger partial charge in [-0.3, -0.25) is 9.59 Å². The lowest BCUT2D eigenvalue weighted by Crippen LogP contribution is -2.39. The van der Waals surface area contributed by atoms with Crippen LogP contribution in [0.4, 0.5) is 0 Å². The van der Waals surface area contributed by atoms with Crippen LogP contribution in [-0.4, -0.2) is 58.3 Å². The SMILES string of the molecule is COC(=O)CC1CCN(C(=O)c2cc(OC)c(OC)c(OC)c2)CC1. The molecule has 138 valence electrons. The van der Waals surface area contributed by atoms with E-state index in [-0.39, 0.29) is 17.8 Å². The van der Waals surface area contributed by atoms with Gasteiger partial charge >= 0.3 is 5.97 Å². The molecule has 0 N–H and O–H groups in total. The maximum atomic E-state index is 12.8. The molecule has 2 rings (SSSR count). The van der Waals surface area contributed by atoms with Crippen molar-refractivity contribution in [2.45, 2.75) is 19.3 Å². The first-order chi connectivity index (χ1) is 12.0. The van der Waals surface area contributed by atoms with Gasteiger partial charge in [0.05, 0.1) is 28.4 Å². The van der Waals surface area contributed by atoms with Crippen LogP contribution in [0.3, 0.4) is 0 Å². The number of ether oxygens (including phenoxy) is 4. The van der Waals surface area contributed by atoms with Crippen molar-refractivity contribution in [2.75, 3.05) is 41.5 Å². The third kappa shape index (κ3) is 4.35. The first-order valence-electron chi connectivity index (χ1n) is 8.20. The first kappa shape index (κ1) is 18.9. The van der Waals surface area contributed by atoms with E-state index in [0.29, 0.717) is 42.3 Å². The predicted molar refractivity (Wildman–Crippen MR) is 91.4 cm³/mol. The summed E-state index contributed by atoms with van der Waals surface area (Å²) in [5.74, 6) is 1.33. The van der Waals surface area contributed by atoms with Crippen molar-refractivity contribution < 1.29 is 28.5 Å². The maximum absolute atomic E-state index is 12.8. The van der Waals surface area contributed by atoms with Gasteiger partial charge in [-0.05, 0) is 30.9 Å². The number of carbonyl (C=O) groups is 2. The van der Waals surface area contributed by atoms with Crippen molar-refractivity contribution >= 4 is 11.9 Å². The molecule has 7 heteroatoms. The lowest BCUT2D eigenvalue weighted by molar-refractivity contribution is -0.142. The Balaban J connectivity index is 2.10. The van der Waals surface area contributed by atoms with E-state index in [1.165, 1.54) is 28.4 Å². The number of hydrogen-bond donors (Lipinski definition) is 0. The van der Waals surface area contributed by atoms with Gasteiger partial charge in [-0.25, -0.2) is 0 Å². The van der Waals surface area contributed by atoms with Gasteiger partial charge in [-0.1, -0.05) is 0 Å². The number of esters is 1. The topological polar surface area (TPSA) is 74.3 Å². The molecule has 1 amide bonds. The summed E-state index contributed by atoms with van der Waals surface area (Å²) in [6.45, 7) is 1.22. The normalized spacial score (nSPS) is 14.8. The van der Waals surface area contributed by atoms with Gasteiger partial charge in [0.25, 0.3) is 5.91 Å². The summed E-state index contributed by atoms with van der Waals surface area (Å²) in [5, 5.41) is 0. The van der Waals surface area contributed by atoms with E-state index < -0.39 is 0 Å². The quantitative estimate of drug-likeness (QED) is 0.731. The number of likely N-dealkylation sites (tertiary alicyclic amines) is 1. The fourth-order valence-electron chi connectivity index (χ4n) is 3.05. The van der Waals surface area contributed by atoms with Crippen molar-refractivity contribution in [3.05, 3.63) is 17.7 Å². The van der Waals surface area contributed by atoms with Crippen molar-refractivity contribution in [2.24, 2.45) is 5.92 Å². The Bertz CT molecular complexity index is 597. The van der Waals surface area contributed by atoms with Crippen molar-refractivity contribution in [1.82, 2.24) is 4.90 Å². The average molecular weight is 351 g/mol. The van der Waals surface area contributed by atoms with Gasteiger partial charge in [0, 0.05) is 25.1 Å². The van der Waals surface area contributed by atoms with Gasteiger partial charge < -0.3 is 23.8 Å². The van der Waals surface area contributed by atoms with Crippen molar-refractivity contribution in [1.29, 1.82) is 0 Å². The van der Waals surface area contributed by atoms with Crippen LogP contribution in [-0.2, 0) is 9.53 Å². The molecule has 1 aromatic carbocycles. The Morgan fingerprint density at radius 3 is 2.00 bits per heavy atom. The van der Waals surface area contributed by atoms with Crippen LogP contribution in [0.5, 0.6) is 17.2 Å². The van der Waals surface area contributed by atoms with Gasteiger partial charge in [0.2, 0.25) is 5.75 Å². The molecule has 1 saturated heterocycles. The number of methoxy groups -OCH3 is 4. The first-order valence-corrected chi connectivity index (χ1v) is 8.20. The molecule has 0 aromatic heterocycles. The number of carbonyl (C=O) groups excluding carboxylic acids is 2. The average Bonchev–Trinajstić information content (AvgIpc) is 2.66. The van der Waals surface area contributed by atoms with Gasteiger partial charge in [-0.15, -0.1) is 0 Å². The van der Waals surface area contributed by atoms with Crippen molar-refractivity contribution in [3.8, 4) is 17.2 Å². The number of nitrogens with zero attached hydrogens (tertiary/aromatic N) is 1. The molecule has 1 fully saturated rings. The summed E-state index contributed by atoms with van der Waals surface area (Å²) in [5.41, 5.74) is 0.487. The second kappa shape index (κ2) is 8.60. The van der Waals surface area contributed by atoms with Crippen LogP contribution in [0.25, 0.3) is 0 Å². The molecule has 1 aliphatic heterocycles. The zero-order valence-corrected chi connectivity index (χ0v) is 15.2. The number of rotatable bonds is 6. The fraction of sp³-hybridized carbons (Fsp3) is 0.556. The Morgan fingerprint density at radius 2 is 1.56 bits per heavy atom. The van der Waals surface area contributed by atoms with Gasteiger partial charge in [-0.2, -0.15) is 0 Å². The molecule has 7 nitrogen and oxygen atoms in total. The van der Waals surface area contributed by atoms with E-state index >= 15 is 0 Å². The molecule has 1 aromatic rings. The summed E-state index contributed by atoms with van der Waals surface area (Å²) in [6, 6.07) is 3.31. The number of hydrogen-bond acceptors (Lipinski definition) is 6. The molecule has 0 saturated carbocycles. The third-order valence-corrected chi connectivity index (χ3v) is 4.50. The minimum absolute atomic E-state index is 0.0872. The van der Waals surface area contributed by atoms with Crippen LogP contribution in [0.15, 0.2) is 12.1 Å². The zero-order chi connectivity index (χ0) is 18.4. The van der Waals surface area contributed by atoms with E-state index in [1.807, 2.05) is 0 Å². The molecule has 0 unspecified atom stereocenters. The Hall–Kier alpha value is -2.44. The van der Waals surface area contributed by atoms with E-state index in [9.17, 15) is 9.59 Å². The van der Waals surface area contributed by atoms with Gasteiger partial charge in [0.15, 0.2) is 11.5 Å². The highest BCUT2D eigenvalue weighted by Gasteiger charge is 2.27. The lowest BCUT2D eigenvalue weighted by Gasteiger charge is -2.31. The standard InChI is InChI=1S/C18H25NO6/c1-22-14-10-13(11-15(23-2)17(14)25-4)18(21)19-7-5-12(6-8-19)9-16(20)24-3/h10-12H,5-9H2,1-4H3.